The number of nitrogens with zero attached hydrogens (tertiary/aromatic N) is 3. The maximum atomic E-state index is 11.7. The van der Waals surface area contributed by atoms with Crippen molar-refractivity contribution in [3.05, 3.63) is 47.7 Å². The second-order valence-corrected chi connectivity index (χ2v) is 5.14. The molecule has 1 aromatic heterocycles. The number of esters is 1. The Kier molecular flexibility index (Phi) is 5.95. The van der Waals surface area contributed by atoms with Crippen LogP contribution in [0.4, 0.5) is 0 Å². The standard InChI is InChI=1S/C17H21N3O4/c1-5-6-13-10-18-20(19-13)14-8-7-12(2)15(9-14)24-16(11-22-3)17(21)23-4/h7-11H,5-6H2,1-4H3/b16-11-. The van der Waals surface area contributed by atoms with Crippen molar-refractivity contribution >= 4 is 5.97 Å². The average molecular weight is 331 g/mol. The lowest BCUT2D eigenvalue weighted by atomic mass is 10.2. The molecule has 1 aromatic carbocycles. The molecule has 1 heterocycles. The fourth-order valence-corrected chi connectivity index (χ4v) is 2.05. The van der Waals surface area contributed by atoms with E-state index in [-0.39, 0.29) is 5.76 Å². The van der Waals surface area contributed by atoms with E-state index in [0.717, 1.165) is 29.8 Å². The molecule has 0 aliphatic carbocycles. The molecule has 0 radical (unpaired) electrons. The van der Waals surface area contributed by atoms with Crippen LogP contribution in [0.5, 0.6) is 5.75 Å². The van der Waals surface area contributed by atoms with Crippen molar-refractivity contribution < 1.29 is 19.0 Å². The number of carbonyl (C=O) groups is 1. The van der Waals surface area contributed by atoms with Crippen molar-refractivity contribution in [2.45, 2.75) is 26.7 Å². The molecule has 2 rings (SSSR count). The van der Waals surface area contributed by atoms with E-state index >= 15 is 0 Å². The van der Waals surface area contributed by atoms with Gasteiger partial charge in [0.2, 0.25) is 5.76 Å². The summed E-state index contributed by atoms with van der Waals surface area (Å²) in [5.74, 6) is -0.167. The van der Waals surface area contributed by atoms with Gasteiger partial charge >= 0.3 is 5.97 Å². The van der Waals surface area contributed by atoms with E-state index in [4.69, 9.17) is 9.47 Å². The Morgan fingerprint density at radius 1 is 1.33 bits per heavy atom. The average Bonchev–Trinajstić information content (AvgIpc) is 3.04. The maximum Gasteiger partial charge on any atom is 0.377 e. The first-order chi connectivity index (χ1) is 11.6. The molecule has 0 atom stereocenters. The minimum absolute atomic E-state index is 0.0413. The van der Waals surface area contributed by atoms with E-state index in [0.29, 0.717) is 5.75 Å². The zero-order valence-corrected chi connectivity index (χ0v) is 14.3. The quantitative estimate of drug-likeness (QED) is 0.441. The molecular formula is C17H21N3O4. The molecule has 24 heavy (non-hydrogen) atoms. The molecule has 128 valence electrons. The number of methoxy groups -OCH3 is 2. The summed E-state index contributed by atoms with van der Waals surface area (Å²) < 4.78 is 15.2. The summed E-state index contributed by atoms with van der Waals surface area (Å²) in [6.07, 6.45) is 4.82. The number of benzene rings is 1. The molecule has 2 aromatic rings. The fraction of sp³-hybridized carbons (Fsp3) is 0.353. The highest BCUT2D eigenvalue weighted by atomic mass is 16.6. The summed E-state index contributed by atoms with van der Waals surface area (Å²) in [7, 11) is 2.71. The Labute approximate surface area is 140 Å². The lowest BCUT2D eigenvalue weighted by molar-refractivity contribution is -0.138. The fourth-order valence-electron chi connectivity index (χ4n) is 2.05. The number of carbonyl (C=O) groups excluding carboxylic acids is 1. The van der Waals surface area contributed by atoms with Crippen molar-refractivity contribution in [3.8, 4) is 11.4 Å². The third-order valence-electron chi connectivity index (χ3n) is 3.28. The molecule has 0 aliphatic rings. The highest BCUT2D eigenvalue weighted by Gasteiger charge is 2.15. The van der Waals surface area contributed by atoms with Gasteiger partial charge < -0.3 is 14.2 Å². The van der Waals surface area contributed by atoms with Crippen LogP contribution in [0.2, 0.25) is 0 Å². The molecule has 7 heteroatoms. The molecule has 0 bridgehead atoms. The number of hydrogen-bond acceptors (Lipinski definition) is 6. The molecule has 0 saturated carbocycles. The number of rotatable bonds is 7. The zero-order valence-electron chi connectivity index (χ0n) is 14.3. The molecule has 0 aliphatic heterocycles. The molecular weight excluding hydrogens is 310 g/mol. The summed E-state index contributed by atoms with van der Waals surface area (Å²) in [4.78, 5) is 13.3. The third-order valence-corrected chi connectivity index (χ3v) is 3.28. The maximum absolute atomic E-state index is 11.7. The first kappa shape index (κ1) is 17.5. The Hall–Kier alpha value is -2.83. The first-order valence-electron chi connectivity index (χ1n) is 7.60. The van der Waals surface area contributed by atoms with Gasteiger partial charge in [0.25, 0.3) is 0 Å². The van der Waals surface area contributed by atoms with E-state index in [1.165, 1.54) is 25.3 Å². The van der Waals surface area contributed by atoms with Crippen molar-refractivity contribution in [2.75, 3.05) is 14.2 Å². The largest absolute Gasteiger partial charge is 0.500 e. The summed E-state index contributed by atoms with van der Waals surface area (Å²) >= 11 is 0. The minimum atomic E-state index is -0.621. The predicted octanol–water partition coefficient (Wildman–Crippen LogP) is 2.57. The molecule has 0 unspecified atom stereocenters. The first-order valence-corrected chi connectivity index (χ1v) is 7.60. The van der Waals surface area contributed by atoms with Gasteiger partial charge in [-0.25, -0.2) is 4.79 Å². The molecule has 0 amide bonds. The van der Waals surface area contributed by atoms with Gasteiger partial charge in [0, 0.05) is 6.07 Å². The molecule has 0 spiro atoms. The predicted molar refractivity (Wildman–Crippen MR) is 87.8 cm³/mol. The molecule has 0 N–H and O–H groups in total. The minimum Gasteiger partial charge on any atom is -0.500 e. The number of aryl methyl sites for hydroxylation is 2. The summed E-state index contributed by atoms with van der Waals surface area (Å²) in [5, 5.41) is 8.69. The molecule has 7 nitrogen and oxygen atoms in total. The van der Waals surface area contributed by atoms with Crippen molar-refractivity contribution in [1.29, 1.82) is 0 Å². The van der Waals surface area contributed by atoms with Crippen LogP contribution in [0, 0.1) is 6.92 Å². The van der Waals surface area contributed by atoms with Gasteiger partial charge in [0.05, 0.1) is 31.8 Å². The van der Waals surface area contributed by atoms with Crippen LogP contribution in [0.25, 0.3) is 5.69 Å². The van der Waals surface area contributed by atoms with Crippen LogP contribution >= 0.6 is 0 Å². The summed E-state index contributed by atoms with van der Waals surface area (Å²) in [5.41, 5.74) is 2.51. The van der Waals surface area contributed by atoms with Crippen LogP contribution in [-0.2, 0) is 20.7 Å². The van der Waals surface area contributed by atoms with Gasteiger partial charge in [-0.15, -0.1) is 0 Å². The third kappa shape index (κ3) is 4.13. The van der Waals surface area contributed by atoms with Gasteiger partial charge in [0.1, 0.15) is 12.0 Å². The Morgan fingerprint density at radius 3 is 2.79 bits per heavy atom. The van der Waals surface area contributed by atoms with Crippen molar-refractivity contribution in [3.63, 3.8) is 0 Å². The monoisotopic (exact) mass is 331 g/mol. The van der Waals surface area contributed by atoms with Gasteiger partial charge in [-0.2, -0.15) is 15.0 Å². The van der Waals surface area contributed by atoms with E-state index in [1.807, 2.05) is 19.1 Å². The van der Waals surface area contributed by atoms with E-state index < -0.39 is 5.97 Å². The highest BCUT2D eigenvalue weighted by molar-refractivity contribution is 5.86. The Balaban J connectivity index is 2.30. The Morgan fingerprint density at radius 2 is 2.12 bits per heavy atom. The van der Waals surface area contributed by atoms with Gasteiger partial charge in [-0.1, -0.05) is 19.4 Å². The Bertz CT molecular complexity index is 737. The second kappa shape index (κ2) is 8.14. The summed E-state index contributed by atoms with van der Waals surface area (Å²) in [6, 6.07) is 5.52. The lowest BCUT2D eigenvalue weighted by Gasteiger charge is -2.11. The van der Waals surface area contributed by atoms with Gasteiger partial charge in [-0.05, 0) is 25.0 Å². The number of ether oxygens (including phenoxy) is 3. The van der Waals surface area contributed by atoms with E-state index in [1.54, 1.807) is 12.3 Å². The van der Waals surface area contributed by atoms with Gasteiger partial charge in [0.15, 0.2) is 0 Å². The lowest BCUT2D eigenvalue weighted by Crippen LogP contribution is -2.12. The van der Waals surface area contributed by atoms with Crippen LogP contribution < -0.4 is 4.74 Å². The SMILES string of the molecule is CCCc1cnn(-c2ccc(C)c(O/C(=C\OC)C(=O)OC)c2)n1. The van der Waals surface area contributed by atoms with Gasteiger partial charge in [-0.3, -0.25) is 0 Å². The highest BCUT2D eigenvalue weighted by Crippen LogP contribution is 2.24. The van der Waals surface area contributed by atoms with E-state index in [2.05, 4.69) is 21.9 Å². The van der Waals surface area contributed by atoms with Crippen molar-refractivity contribution in [1.82, 2.24) is 15.0 Å². The van der Waals surface area contributed by atoms with Crippen LogP contribution in [0.15, 0.2) is 36.4 Å². The normalized spacial score (nSPS) is 11.2. The van der Waals surface area contributed by atoms with Crippen LogP contribution in [0.3, 0.4) is 0 Å². The number of aromatic nitrogens is 3. The topological polar surface area (TPSA) is 75.5 Å². The van der Waals surface area contributed by atoms with E-state index in [9.17, 15) is 4.79 Å². The summed E-state index contributed by atoms with van der Waals surface area (Å²) in [6.45, 7) is 3.97. The second-order valence-electron chi connectivity index (χ2n) is 5.14. The number of hydrogen-bond donors (Lipinski definition) is 0. The molecule has 0 fully saturated rings. The zero-order chi connectivity index (χ0) is 17.5. The van der Waals surface area contributed by atoms with Crippen LogP contribution in [0.1, 0.15) is 24.6 Å². The smallest absolute Gasteiger partial charge is 0.377 e. The van der Waals surface area contributed by atoms with Crippen LogP contribution in [-0.4, -0.2) is 35.2 Å². The van der Waals surface area contributed by atoms with Crippen molar-refractivity contribution in [2.24, 2.45) is 0 Å². The molecule has 0 saturated heterocycles.